The van der Waals surface area contributed by atoms with Crippen LogP contribution in [0.5, 0.6) is 0 Å². The number of nitrogens with zero attached hydrogens (tertiary/aromatic N) is 8. The van der Waals surface area contributed by atoms with Crippen molar-refractivity contribution in [2.45, 2.75) is 38.3 Å². The molecule has 7 rings (SSSR count). The number of nitrogens with one attached hydrogen (secondary N) is 1. The number of allylic oxidation sites excluding steroid dienone is 1. The number of fused-ring (bicyclic) bond motifs is 1. The molecule has 11 nitrogen and oxygen atoms in total. The number of hydrogen-bond donors (Lipinski definition) is 1. The molecule has 6 heterocycles. The molecule has 2 saturated heterocycles. The summed E-state index contributed by atoms with van der Waals surface area (Å²) in [4.78, 5) is 44.9. The molecule has 11 heteroatoms. The van der Waals surface area contributed by atoms with Crippen molar-refractivity contribution in [2.24, 2.45) is 0 Å². The van der Waals surface area contributed by atoms with E-state index in [4.69, 9.17) is 9.97 Å². The van der Waals surface area contributed by atoms with Crippen molar-refractivity contribution < 1.29 is 0 Å². The molecule has 1 N–H and O–H groups in total. The summed E-state index contributed by atoms with van der Waals surface area (Å²) in [7, 11) is 0. The molecule has 44 heavy (non-hydrogen) atoms. The fourth-order valence-corrected chi connectivity index (χ4v) is 6.38. The monoisotopic (exact) mass is 589 g/mol. The molecule has 5 aromatic rings. The number of anilines is 3. The average molecular weight is 590 g/mol. The second kappa shape index (κ2) is 11.9. The molecule has 1 aromatic carbocycles. The minimum atomic E-state index is -0.256. The van der Waals surface area contributed by atoms with Gasteiger partial charge in [-0.05, 0) is 81.2 Å². The van der Waals surface area contributed by atoms with Gasteiger partial charge >= 0.3 is 0 Å². The SMILES string of the molecule is C=CCn1c(=O)c2cnc(Nc3ccc(N4CCC[C@H]4CN4CCCC4)cc3)nc2n1-c1cccc(-n2ccccc2=O)n1. The summed E-state index contributed by atoms with van der Waals surface area (Å²) in [6.45, 7) is 8.73. The molecule has 0 amide bonds. The van der Waals surface area contributed by atoms with Crippen LogP contribution in [0.15, 0.2) is 95.3 Å². The van der Waals surface area contributed by atoms with E-state index in [1.807, 2.05) is 12.1 Å². The third-order valence-corrected chi connectivity index (χ3v) is 8.48. The van der Waals surface area contributed by atoms with Gasteiger partial charge in [0, 0.05) is 49.0 Å². The van der Waals surface area contributed by atoms with Crippen LogP contribution >= 0.6 is 0 Å². The van der Waals surface area contributed by atoms with Crippen LogP contribution in [-0.2, 0) is 6.54 Å². The van der Waals surface area contributed by atoms with Crippen LogP contribution < -0.4 is 21.3 Å². The van der Waals surface area contributed by atoms with E-state index in [0.29, 0.717) is 34.7 Å². The number of rotatable bonds is 9. The quantitative estimate of drug-likeness (QED) is 0.256. The second-order valence-electron chi connectivity index (χ2n) is 11.4. The molecular formula is C33H35N9O2. The first kappa shape index (κ1) is 27.8. The maximum atomic E-state index is 13.4. The van der Waals surface area contributed by atoms with E-state index in [2.05, 4.69) is 38.8 Å². The van der Waals surface area contributed by atoms with Gasteiger partial charge in [-0.25, -0.2) is 19.3 Å². The Kier molecular flexibility index (Phi) is 7.53. The van der Waals surface area contributed by atoms with Gasteiger partial charge in [-0.3, -0.25) is 14.2 Å². The first-order valence-corrected chi connectivity index (χ1v) is 15.2. The van der Waals surface area contributed by atoms with Gasteiger partial charge < -0.3 is 15.1 Å². The van der Waals surface area contributed by atoms with Crippen molar-refractivity contribution in [3.8, 4) is 11.6 Å². The van der Waals surface area contributed by atoms with Crippen LogP contribution in [0.3, 0.4) is 0 Å². The Hall–Kier alpha value is -5.03. The zero-order valence-electron chi connectivity index (χ0n) is 24.5. The fraction of sp³-hybridized carbons (Fsp3) is 0.303. The zero-order chi connectivity index (χ0) is 30.0. The van der Waals surface area contributed by atoms with Crippen LogP contribution in [0, 0.1) is 0 Å². The highest BCUT2D eigenvalue weighted by atomic mass is 16.1. The Morgan fingerprint density at radius 3 is 2.52 bits per heavy atom. The van der Waals surface area contributed by atoms with E-state index < -0.39 is 0 Å². The molecule has 224 valence electrons. The molecule has 0 unspecified atom stereocenters. The number of benzene rings is 1. The molecule has 0 radical (unpaired) electrons. The normalized spacial score (nSPS) is 17.0. The molecule has 1 atom stereocenters. The van der Waals surface area contributed by atoms with Crippen LogP contribution in [0.2, 0.25) is 0 Å². The number of likely N-dealkylation sites (tertiary alicyclic amines) is 1. The Morgan fingerprint density at radius 1 is 0.909 bits per heavy atom. The summed E-state index contributed by atoms with van der Waals surface area (Å²) in [5.41, 5.74) is 2.02. The predicted octanol–water partition coefficient (Wildman–Crippen LogP) is 4.12. The first-order valence-electron chi connectivity index (χ1n) is 15.2. The highest BCUT2D eigenvalue weighted by Gasteiger charge is 2.27. The van der Waals surface area contributed by atoms with E-state index in [9.17, 15) is 9.59 Å². The van der Waals surface area contributed by atoms with E-state index >= 15 is 0 Å². The van der Waals surface area contributed by atoms with Gasteiger partial charge in [0.05, 0.1) is 6.54 Å². The van der Waals surface area contributed by atoms with Gasteiger partial charge in [0.2, 0.25) is 5.95 Å². The summed E-state index contributed by atoms with van der Waals surface area (Å²) >= 11 is 0. The summed E-state index contributed by atoms with van der Waals surface area (Å²) in [5.74, 6) is 1.23. The summed E-state index contributed by atoms with van der Waals surface area (Å²) in [6, 6.07) is 19.2. The molecule has 0 saturated carbocycles. The van der Waals surface area contributed by atoms with Crippen molar-refractivity contribution in [3.05, 3.63) is 106 Å². The van der Waals surface area contributed by atoms with Crippen molar-refractivity contribution in [3.63, 3.8) is 0 Å². The van der Waals surface area contributed by atoms with Crippen molar-refractivity contribution in [2.75, 3.05) is 36.4 Å². The van der Waals surface area contributed by atoms with Crippen LogP contribution in [0.25, 0.3) is 22.7 Å². The van der Waals surface area contributed by atoms with Crippen LogP contribution in [-0.4, -0.2) is 66.0 Å². The topological polar surface area (TPSA) is 106 Å². The second-order valence-corrected chi connectivity index (χ2v) is 11.4. The molecule has 2 fully saturated rings. The first-order chi connectivity index (χ1) is 21.6. The Balaban J connectivity index is 1.19. The van der Waals surface area contributed by atoms with Gasteiger partial charge in [-0.1, -0.05) is 18.2 Å². The van der Waals surface area contributed by atoms with E-state index in [1.54, 1.807) is 47.3 Å². The molecular weight excluding hydrogens is 554 g/mol. The van der Waals surface area contributed by atoms with E-state index in [0.717, 1.165) is 18.8 Å². The van der Waals surface area contributed by atoms with Crippen LogP contribution in [0.4, 0.5) is 17.3 Å². The zero-order valence-corrected chi connectivity index (χ0v) is 24.5. The predicted molar refractivity (Wildman–Crippen MR) is 172 cm³/mol. The lowest BCUT2D eigenvalue weighted by molar-refractivity contribution is 0.314. The number of hydrogen-bond acceptors (Lipinski definition) is 8. The van der Waals surface area contributed by atoms with Crippen LogP contribution in [0.1, 0.15) is 25.7 Å². The number of pyridine rings is 2. The summed E-state index contributed by atoms with van der Waals surface area (Å²) in [5, 5.41) is 3.66. The Labute approximate surface area is 254 Å². The van der Waals surface area contributed by atoms with E-state index in [1.165, 1.54) is 66.0 Å². The third-order valence-electron chi connectivity index (χ3n) is 8.48. The Morgan fingerprint density at radius 2 is 1.73 bits per heavy atom. The molecule has 4 aromatic heterocycles. The maximum Gasteiger partial charge on any atom is 0.278 e. The smallest absolute Gasteiger partial charge is 0.278 e. The minimum absolute atomic E-state index is 0.204. The van der Waals surface area contributed by atoms with Crippen molar-refractivity contribution in [1.82, 2.24) is 33.8 Å². The van der Waals surface area contributed by atoms with Crippen molar-refractivity contribution in [1.29, 1.82) is 0 Å². The standard InChI is InChI=1S/C33H35N9O2/c1-2-17-41-32(44)27-22-34-33(37-31(27)42(41)29-11-7-10-28(36-29)40-20-4-3-12-30(40)43)35-24-13-15-25(16-14-24)39-21-8-9-26(39)23-38-18-5-6-19-38/h2-4,7,10-16,20,22,26H,1,5-6,8-9,17-19,21,23H2,(H,34,35,37)/t26-/m0/s1. The van der Waals surface area contributed by atoms with Gasteiger partial charge in [0.1, 0.15) is 11.2 Å². The van der Waals surface area contributed by atoms with E-state index in [-0.39, 0.29) is 17.7 Å². The Bertz CT molecular complexity index is 1920. The third kappa shape index (κ3) is 5.30. The molecule has 2 aliphatic rings. The lowest BCUT2D eigenvalue weighted by Crippen LogP contribution is -2.39. The summed E-state index contributed by atoms with van der Waals surface area (Å²) < 4.78 is 4.62. The molecule has 2 aliphatic heterocycles. The lowest BCUT2D eigenvalue weighted by atomic mass is 10.2. The highest BCUT2D eigenvalue weighted by Crippen LogP contribution is 2.29. The van der Waals surface area contributed by atoms with Gasteiger partial charge in [-0.15, -0.1) is 6.58 Å². The minimum Gasteiger partial charge on any atom is -0.367 e. The summed E-state index contributed by atoms with van der Waals surface area (Å²) in [6.07, 6.45) is 9.92. The molecule has 0 aliphatic carbocycles. The van der Waals surface area contributed by atoms with Gasteiger partial charge in [0.25, 0.3) is 11.1 Å². The molecule has 0 spiro atoms. The fourth-order valence-electron chi connectivity index (χ4n) is 6.38. The van der Waals surface area contributed by atoms with Gasteiger partial charge in [-0.2, -0.15) is 4.98 Å². The maximum absolute atomic E-state index is 13.4. The number of aromatic nitrogens is 6. The average Bonchev–Trinajstić information content (AvgIpc) is 3.79. The lowest BCUT2D eigenvalue weighted by Gasteiger charge is -2.30. The highest BCUT2D eigenvalue weighted by molar-refractivity contribution is 5.77. The largest absolute Gasteiger partial charge is 0.367 e. The molecule has 0 bridgehead atoms. The van der Waals surface area contributed by atoms with Crippen molar-refractivity contribution >= 4 is 28.4 Å². The van der Waals surface area contributed by atoms with Gasteiger partial charge in [0.15, 0.2) is 11.5 Å².